The predicted molar refractivity (Wildman–Crippen MR) is 62.0 cm³/mol. The lowest BCUT2D eigenvalue weighted by molar-refractivity contribution is -0.127. The molecule has 4 heteroatoms. The molecule has 0 aliphatic carbocycles. The third-order valence-electron chi connectivity index (χ3n) is 2.40. The van der Waals surface area contributed by atoms with Crippen LogP contribution >= 0.6 is 24.0 Å². The van der Waals surface area contributed by atoms with Crippen LogP contribution in [0, 0.1) is 0 Å². The highest BCUT2D eigenvalue weighted by Gasteiger charge is 2.26. The molecule has 0 bridgehead atoms. The van der Waals surface area contributed by atoms with Gasteiger partial charge in [-0.1, -0.05) is 6.07 Å². The van der Waals surface area contributed by atoms with E-state index < -0.39 is 0 Å². The number of hydrogen-bond acceptors (Lipinski definition) is 3. The highest BCUT2D eigenvalue weighted by atomic mass is 32.1. The molecule has 14 heavy (non-hydrogen) atoms. The lowest BCUT2D eigenvalue weighted by Gasteiger charge is -2.14. The lowest BCUT2D eigenvalue weighted by Crippen LogP contribution is -2.27. The summed E-state index contributed by atoms with van der Waals surface area (Å²) in [6.07, 6.45) is 1.58. The minimum atomic E-state index is 0.242. The van der Waals surface area contributed by atoms with Crippen molar-refractivity contribution >= 4 is 29.9 Å². The first-order valence-corrected chi connectivity index (χ1v) is 6.13. The first kappa shape index (κ1) is 10.1. The number of likely N-dealkylation sites (tertiary alicyclic amines) is 1. The Labute approximate surface area is 93.3 Å². The van der Waals surface area contributed by atoms with Crippen molar-refractivity contribution in [3.8, 4) is 0 Å². The van der Waals surface area contributed by atoms with Crippen LogP contribution in [-0.4, -0.2) is 29.1 Å². The summed E-state index contributed by atoms with van der Waals surface area (Å²) in [6, 6.07) is 4.16. The van der Waals surface area contributed by atoms with Gasteiger partial charge in [-0.2, -0.15) is 12.6 Å². The van der Waals surface area contributed by atoms with Gasteiger partial charge in [0.25, 0.3) is 0 Å². The Hall–Kier alpha value is -0.480. The van der Waals surface area contributed by atoms with Crippen LogP contribution in [0.3, 0.4) is 0 Å². The van der Waals surface area contributed by atoms with Crippen molar-refractivity contribution in [2.45, 2.75) is 18.1 Å². The zero-order valence-corrected chi connectivity index (χ0v) is 9.56. The summed E-state index contributed by atoms with van der Waals surface area (Å²) in [5.74, 6) is 0.251. The maximum absolute atomic E-state index is 11.4. The molecule has 1 atom stereocenters. The first-order valence-electron chi connectivity index (χ1n) is 4.74. The van der Waals surface area contributed by atoms with E-state index in [2.05, 4.69) is 24.1 Å². The molecule has 0 aromatic carbocycles. The maximum atomic E-state index is 11.4. The van der Waals surface area contributed by atoms with Crippen LogP contribution < -0.4 is 0 Å². The van der Waals surface area contributed by atoms with Crippen LogP contribution in [0.15, 0.2) is 17.5 Å². The summed E-state index contributed by atoms with van der Waals surface area (Å²) in [7, 11) is 0. The molecule has 1 fully saturated rings. The van der Waals surface area contributed by atoms with Crippen molar-refractivity contribution in [2.24, 2.45) is 0 Å². The van der Waals surface area contributed by atoms with Gasteiger partial charge in [-0.3, -0.25) is 4.79 Å². The zero-order chi connectivity index (χ0) is 9.97. The van der Waals surface area contributed by atoms with Crippen molar-refractivity contribution in [3.05, 3.63) is 22.4 Å². The van der Waals surface area contributed by atoms with Gasteiger partial charge in [-0.05, 0) is 17.9 Å². The summed E-state index contributed by atoms with van der Waals surface area (Å²) in [4.78, 5) is 14.7. The SMILES string of the molecule is O=C1CC(S)CN1CCc1cccs1. The van der Waals surface area contributed by atoms with Crippen LogP contribution in [0.25, 0.3) is 0 Å². The molecule has 1 aliphatic rings. The maximum Gasteiger partial charge on any atom is 0.223 e. The van der Waals surface area contributed by atoms with Crippen molar-refractivity contribution in [3.63, 3.8) is 0 Å². The molecular weight excluding hydrogens is 214 g/mol. The van der Waals surface area contributed by atoms with Crippen molar-refractivity contribution in [1.82, 2.24) is 4.90 Å². The van der Waals surface area contributed by atoms with Gasteiger partial charge in [0.2, 0.25) is 5.91 Å². The van der Waals surface area contributed by atoms with Crippen LogP contribution in [0.1, 0.15) is 11.3 Å². The highest BCUT2D eigenvalue weighted by molar-refractivity contribution is 7.81. The average Bonchev–Trinajstić information content (AvgIpc) is 2.72. The molecule has 0 radical (unpaired) electrons. The van der Waals surface area contributed by atoms with Gasteiger partial charge in [0.05, 0.1) is 0 Å². The van der Waals surface area contributed by atoms with E-state index in [9.17, 15) is 4.79 Å². The van der Waals surface area contributed by atoms with Crippen molar-refractivity contribution < 1.29 is 4.79 Å². The van der Waals surface area contributed by atoms with E-state index in [1.165, 1.54) is 4.88 Å². The minimum absolute atomic E-state index is 0.242. The largest absolute Gasteiger partial charge is 0.341 e. The minimum Gasteiger partial charge on any atom is -0.341 e. The molecule has 1 aromatic heterocycles. The molecular formula is C10H13NOS2. The summed E-state index contributed by atoms with van der Waals surface area (Å²) in [5, 5.41) is 2.31. The topological polar surface area (TPSA) is 20.3 Å². The van der Waals surface area contributed by atoms with E-state index in [1.54, 1.807) is 11.3 Å². The van der Waals surface area contributed by atoms with Crippen LogP contribution in [0.2, 0.25) is 0 Å². The van der Waals surface area contributed by atoms with E-state index in [0.29, 0.717) is 6.42 Å². The number of carbonyl (C=O) groups excluding carboxylic acids is 1. The monoisotopic (exact) mass is 227 g/mol. The Kier molecular flexibility index (Phi) is 3.13. The molecule has 1 amide bonds. The summed E-state index contributed by atoms with van der Waals surface area (Å²) in [6.45, 7) is 1.66. The Morgan fingerprint density at radius 2 is 2.50 bits per heavy atom. The predicted octanol–water partition coefficient (Wildman–Crippen LogP) is 1.82. The van der Waals surface area contributed by atoms with Gasteiger partial charge < -0.3 is 4.90 Å². The summed E-state index contributed by atoms with van der Waals surface area (Å²) >= 11 is 6.07. The smallest absolute Gasteiger partial charge is 0.223 e. The van der Waals surface area contributed by atoms with E-state index in [4.69, 9.17) is 0 Å². The number of carbonyl (C=O) groups is 1. The Balaban J connectivity index is 1.84. The van der Waals surface area contributed by atoms with E-state index in [-0.39, 0.29) is 11.2 Å². The number of rotatable bonds is 3. The summed E-state index contributed by atoms with van der Waals surface area (Å²) < 4.78 is 0. The summed E-state index contributed by atoms with van der Waals surface area (Å²) in [5.41, 5.74) is 0. The molecule has 0 spiro atoms. The average molecular weight is 227 g/mol. The standard InChI is InChI=1S/C10H13NOS2/c12-10-6-8(13)7-11(10)4-3-9-2-1-5-14-9/h1-2,5,8,13H,3-4,6-7H2. The van der Waals surface area contributed by atoms with Crippen molar-refractivity contribution in [2.75, 3.05) is 13.1 Å². The fourth-order valence-electron chi connectivity index (χ4n) is 1.67. The molecule has 76 valence electrons. The van der Waals surface area contributed by atoms with Gasteiger partial charge in [0, 0.05) is 29.6 Å². The second-order valence-electron chi connectivity index (χ2n) is 3.53. The van der Waals surface area contributed by atoms with E-state index in [0.717, 1.165) is 19.5 Å². The third-order valence-corrected chi connectivity index (χ3v) is 3.68. The van der Waals surface area contributed by atoms with E-state index >= 15 is 0 Å². The molecule has 2 nitrogen and oxygen atoms in total. The van der Waals surface area contributed by atoms with Gasteiger partial charge >= 0.3 is 0 Å². The highest BCUT2D eigenvalue weighted by Crippen LogP contribution is 2.17. The second-order valence-corrected chi connectivity index (χ2v) is 5.29. The van der Waals surface area contributed by atoms with Gasteiger partial charge in [0.15, 0.2) is 0 Å². The number of hydrogen-bond donors (Lipinski definition) is 1. The van der Waals surface area contributed by atoms with Gasteiger partial charge in [-0.15, -0.1) is 11.3 Å². The molecule has 0 saturated carbocycles. The molecule has 0 N–H and O–H groups in total. The number of nitrogens with zero attached hydrogens (tertiary/aromatic N) is 1. The van der Waals surface area contributed by atoms with Gasteiger partial charge in [0.1, 0.15) is 0 Å². The van der Waals surface area contributed by atoms with Crippen LogP contribution in [0.4, 0.5) is 0 Å². The third kappa shape index (κ3) is 2.30. The molecule has 1 aromatic rings. The quantitative estimate of drug-likeness (QED) is 0.781. The number of amides is 1. The van der Waals surface area contributed by atoms with Crippen molar-refractivity contribution in [1.29, 1.82) is 0 Å². The molecule has 1 saturated heterocycles. The Morgan fingerprint density at radius 1 is 1.64 bits per heavy atom. The van der Waals surface area contributed by atoms with E-state index in [1.807, 2.05) is 11.0 Å². The molecule has 1 unspecified atom stereocenters. The normalized spacial score (nSPS) is 21.9. The first-order chi connectivity index (χ1) is 6.75. The fourth-order valence-corrected chi connectivity index (χ4v) is 2.72. The molecule has 2 heterocycles. The lowest BCUT2D eigenvalue weighted by atomic mass is 10.3. The number of thiophene rings is 1. The Morgan fingerprint density at radius 3 is 3.07 bits per heavy atom. The van der Waals surface area contributed by atoms with Gasteiger partial charge in [-0.25, -0.2) is 0 Å². The zero-order valence-electron chi connectivity index (χ0n) is 7.85. The number of thiol groups is 1. The van der Waals surface area contributed by atoms with Crippen LogP contribution in [0.5, 0.6) is 0 Å². The molecule has 1 aliphatic heterocycles. The van der Waals surface area contributed by atoms with Crippen LogP contribution in [-0.2, 0) is 11.2 Å². The molecule has 2 rings (SSSR count). The fraction of sp³-hybridized carbons (Fsp3) is 0.500. The second kappa shape index (κ2) is 4.36. The Bertz CT molecular complexity index is 310.